The van der Waals surface area contributed by atoms with Gasteiger partial charge in [0, 0.05) is 44.7 Å². The monoisotopic (exact) mass is 462 g/mol. The molecule has 0 unspecified atom stereocenters. The van der Waals surface area contributed by atoms with Gasteiger partial charge >= 0.3 is 6.03 Å². The number of carbonyl (C=O) groups excluding carboxylic acids is 1. The summed E-state index contributed by atoms with van der Waals surface area (Å²) in [4.78, 5) is 23.3. The maximum Gasteiger partial charge on any atom is 0.314 e. The second-order valence-electron chi connectivity index (χ2n) is 8.83. The van der Waals surface area contributed by atoms with Gasteiger partial charge in [0.15, 0.2) is 11.5 Å². The van der Waals surface area contributed by atoms with Gasteiger partial charge in [-0.2, -0.15) is 5.10 Å². The standard InChI is InChI=1S/C24H30N8O2/c1-16-4-3-5-19(10-16)17(2)29-30-21-11-20(31-6-8-34-9-7-31)22-23(28-21)32(15-27-22)14-18-12-25-24(33)26-13-18/h3-5,10-11,15,18H,6-9,12-14H2,1-2H3,(H,28,30)(H2,25,26,33)/b29-17+. The number of hydrazone groups is 1. The molecule has 10 heteroatoms. The molecule has 0 bridgehead atoms. The number of hydrogen-bond donors (Lipinski definition) is 3. The lowest BCUT2D eigenvalue weighted by molar-refractivity contribution is 0.123. The molecule has 2 aromatic heterocycles. The van der Waals surface area contributed by atoms with E-state index in [1.807, 2.05) is 25.4 Å². The summed E-state index contributed by atoms with van der Waals surface area (Å²) in [6.07, 6.45) is 1.84. The third-order valence-electron chi connectivity index (χ3n) is 6.24. The Hall–Kier alpha value is -3.66. The molecule has 5 rings (SSSR count). The first-order valence-corrected chi connectivity index (χ1v) is 11.6. The minimum atomic E-state index is -0.118. The Bertz CT molecular complexity index is 1200. The molecule has 0 atom stereocenters. The van der Waals surface area contributed by atoms with Gasteiger partial charge in [0.25, 0.3) is 0 Å². The Morgan fingerprint density at radius 2 is 2.03 bits per heavy atom. The summed E-state index contributed by atoms with van der Waals surface area (Å²) < 4.78 is 7.61. The Morgan fingerprint density at radius 3 is 2.79 bits per heavy atom. The Morgan fingerprint density at radius 1 is 1.24 bits per heavy atom. The molecule has 1 aromatic carbocycles. The van der Waals surface area contributed by atoms with Gasteiger partial charge in [0.1, 0.15) is 5.52 Å². The molecule has 10 nitrogen and oxygen atoms in total. The lowest BCUT2D eigenvalue weighted by Gasteiger charge is -2.29. The van der Waals surface area contributed by atoms with Gasteiger partial charge in [0.2, 0.25) is 0 Å². The molecule has 2 aliphatic heterocycles. The number of aromatic nitrogens is 3. The molecule has 2 aliphatic rings. The summed E-state index contributed by atoms with van der Waals surface area (Å²) in [5.41, 5.74) is 9.00. The number of ether oxygens (including phenoxy) is 1. The molecule has 3 aromatic rings. The van der Waals surface area contributed by atoms with Crippen LogP contribution in [0.15, 0.2) is 41.8 Å². The smallest absolute Gasteiger partial charge is 0.314 e. The summed E-state index contributed by atoms with van der Waals surface area (Å²) in [7, 11) is 0. The highest BCUT2D eigenvalue weighted by Gasteiger charge is 2.22. The predicted octanol–water partition coefficient (Wildman–Crippen LogP) is 2.34. The number of pyridine rings is 1. The number of anilines is 2. The number of benzene rings is 1. The quantitative estimate of drug-likeness (QED) is 0.383. The van der Waals surface area contributed by atoms with E-state index >= 15 is 0 Å². The van der Waals surface area contributed by atoms with Crippen LogP contribution in [0.4, 0.5) is 16.3 Å². The van der Waals surface area contributed by atoms with Crippen LogP contribution < -0.4 is 21.0 Å². The zero-order chi connectivity index (χ0) is 23.5. The number of imidazole rings is 1. The lowest BCUT2D eigenvalue weighted by Crippen LogP contribution is -2.49. The van der Waals surface area contributed by atoms with E-state index < -0.39 is 0 Å². The number of urea groups is 1. The van der Waals surface area contributed by atoms with Crippen molar-refractivity contribution in [2.75, 3.05) is 49.7 Å². The minimum Gasteiger partial charge on any atom is -0.378 e. The van der Waals surface area contributed by atoms with Crippen LogP contribution in [0.2, 0.25) is 0 Å². The van der Waals surface area contributed by atoms with Crippen molar-refractivity contribution in [3.05, 3.63) is 47.8 Å². The molecule has 2 fully saturated rings. The number of morpholine rings is 1. The molecule has 3 N–H and O–H groups in total. The first-order chi connectivity index (χ1) is 16.6. The van der Waals surface area contributed by atoms with Gasteiger partial charge in [0.05, 0.1) is 30.9 Å². The molecule has 2 saturated heterocycles. The topological polar surface area (TPSA) is 109 Å². The Balaban J connectivity index is 1.46. The summed E-state index contributed by atoms with van der Waals surface area (Å²) in [5, 5.41) is 10.3. The number of nitrogens with one attached hydrogen (secondary N) is 3. The molecule has 2 amide bonds. The maximum absolute atomic E-state index is 11.4. The van der Waals surface area contributed by atoms with E-state index in [9.17, 15) is 4.79 Å². The van der Waals surface area contributed by atoms with Crippen molar-refractivity contribution < 1.29 is 9.53 Å². The fourth-order valence-electron chi connectivity index (χ4n) is 4.35. The molecule has 0 radical (unpaired) electrons. The molecule has 178 valence electrons. The van der Waals surface area contributed by atoms with Crippen molar-refractivity contribution >= 4 is 34.4 Å². The fraction of sp³-hybridized carbons (Fsp3) is 0.417. The van der Waals surface area contributed by atoms with E-state index in [2.05, 4.69) is 55.8 Å². The highest BCUT2D eigenvalue weighted by Crippen LogP contribution is 2.29. The number of aryl methyl sites for hydroxylation is 1. The summed E-state index contributed by atoms with van der Waals surface area (Å²) in [6.45, 7) is 8.98. The van der Waals surface area contributed by atoms with Gasteiger partial charge in [-0.25, -0.2) is 14.8 Å². The van der Waals surface area contributed by atoms with Crippen LogP contribution >= 0.6 is 0 Å². The highest BCUT2D eigenvalue weighted by molar-refractivity contribution is 5.99. The van der Waals surface area contributed by atoms with Crippen LogP contribution in [0.5, 0.6) is 0 Å². The molecular weight excluding hydrogens is 432 g/mol. The normalized spacial score (nSPS) is 17.5. The molecule has 34 heavy (non-hydrogen) atoms. The van der Waals surface area contributed by atoms with E-state index in [1.54, 1.807) is 0 Å². The molecule has 4 heterocycles. The van der Waals surface area contributed by atoms with Crippen LogP contribution in [0, 0.1) is 12.8 Å². The zero-order valence-corrected chi connectivity index (χ0v) is 19.5. The minimum absolute atomic E-state index is 0.118. The predicted molar refractivity (Wildman–Crippen MR) is 132 cm³/mol. The van der Waals surface area contributed by atoms with E-state index in [-0.39, 0.29) is 11.9 Å². The highest BCUT2D eigenvalue weighted by atomic mass is 16.5. The molecule has 0 aliphatic carbocycles. The Kier molecular flexibility index (Phi) is 6.31. The maximum atomic E-state index is 11.4. The van der Waals surface area contributed by atoms with Crippen molar-refractivity contribution in [2.45, 2.75) is 20.4 Å². The van der Waals surface area contributed by atoms with Gasteiger partial charge in [-0.05, 0) is 19.4 Å². The van der Waals surface area contributed by atoms with Gasteiger partial charge in [-0.1, -0.05) is 29.8 Å². The van der Waals surface area contributed by atoms with Gasteiger partial charge < -0.3 is 24.8 Å². The molecule has 0 spiro atoms. The van der Waals surface area contributed by atoms with Crippen molar-refractivity contribution in [1.82, 2.24) is 25.2 Å². The number of rotatable bonds is 6. The van der Waals surface area contributed by atoms with E-state index in [4.69, 9.17) is 14.7 Å². The van der Waals surface area contributed by atoms with Gasteiger partial charge in [-0.3, -0.25) is 5.43 Å². The average Bonchev–Trinajstić information content (AvgIpc) is 3.26. The number of hydrogen-bond acceptors (Lipinski definition) is 7. The van der Waals surface area contributed by atoms with Crippen LogP contribution in [-0.2, 0) is 11.3 Å². The van der Waals surface area contributed by atoms with Crippen molar-refractivity contribution in [2.24, 2.45) is 11.0 Å². The van der Waals surface area contributed by atoms with E-state index in [0.29, 0.717) is 38.7 Å². The van der Waals surface area contributed by atoms with Crippen LogP contribution in [0.1, 0.15) is 18.1 Å². The second-order valence-corrected chi connectivity index (χ2v) is 8.83. The van der Waals surface area contributed by atoms with Crippen LogP contribution in [0.3, 0.4) is 0 Å². The van der Waals surface area contributed by atoms with E-state index in [0.717, 1.165) is 41.2 Å². The largest absolute Gasteiger partial charge is 0.378 e. The SMILES string of the molecule is C/C(=N\Nc1cc(N2CCOCC2)c2ncn(CC3CNC(=O)NC3)c2n1)c1cccc(C)c1. The summed E-state index contributed by atoms with van der Waals surface area (Å²) in [6, 6.07) is 10.2. The molecular formula is C24H30N8O2. The van der Waals surface area contributed by atoms with E-state index in [1.165, 1.54) is 5.56 Å². The second kappa shape index (κ2) is 9.68. The van der Waals surface area contributed by atoms with Crippen molar-refractivity contribution in [1.29, 1.82) is 0 Å². The number of amides is 2. The summed E-state index contributed by atoms with van der Waals surface area (Å²) in [5.74, 6) is 0.916. The van der Waals surface area contributed by atoms with Crippen LogP contribution in [0.25, 0.3) is 11.2 Å². The Labute approximate surface area is 198 Å². The third kappa shape index (κ3) is 4.81. The molecule has 0 saturated carbocycles. The average molecular weight is 463 g/mol. The number of fused-ring (bicyclic) bond motifs is 1. The van der Waals surface area contributed by atoms with Crippen LogP contribution in [-0.4, -0.2) is 65.7 Å². The zero-order valence-electron chi connectivity index (χ0n) is 19.5. The third-order valence-corrected chi connectivity index (χ3v) is 6.24. The summed E-state index contributed by atoms with van der Waals surface area (Å²) >= 11 is 0. The van der Waals surface area contributed by atoms with Gasteiger partial charge in [-0.15, -0.1) is 0 Å². The van der Waals surface area contributed by atoms with Crippen molar-refractivity contribution in [3.63, 3.8) is 0 Å². The lowest BCUT2D eigenvalue weighted by atomic mass is 10.1. The first kappa shape index (κ1) is 22.1. The first-order valence-electron chi connectivity index (χ1n) is 11.6. The van der Waals surface area contributed by atoms with Crippen molar-refractivity contribution in [3.8, 4) is 0 Å². The number of nitrogens with zero attached hydrogens (tertiary/aromatic N) is 5. The fourth-order valence-corrected chi connectivity index (χ4v) is 4.35. The number of carbonyl (C=O) groups is 1.